The van der Waals surface area contributed by atoms with Crippen LogP contribution in [0.15, 0.2) is 0 Å². The summed E-state index contributed by atoms with van der Waals surface area (Å²) in [5, 5.41) is 3.52. The molecule has 1 saturated heterocycles. The summed E-state index contributed by atoms with van der Waals surface area (Å²) in [7, 11) is 0. The predicted molar refractivity (Wildman–Crippen MR) is 86.7 cm³/mol. The third kappa shape index (κ3) is 6.61. The molecule has 1 saturated carbocycles. The Morgan fingerprint density at radius 3 is 2.62 bits per heavy atom. The number of carbonyl (C=O) groups excluding carboxylic acids is 1. The van der Waals surface area contributed by atoms with Crippen LogP contribution in [0, 0.1) is 5.92 Å². The van der Waals surface area contributed by atoms with E-state index in [4.69, 9.17) is 17.0 Å². The van der Waals surface area contributed by atoms with Crippen LogP contribution < -0.4 is 16.2 Å². The van der Waals surface area contributed by atoms with Gasteiger partial charge in [0, 0.05) is 19.6 Å². The summed E-state index contributed by atoms with van der Waals surface area (Å²) >= 11 is 5.12. The van der Waals surface area contributed by atoms with Crippen molar-refractivity contribution in [3.8, 4) is 0 Å². The highest BCUT2D eigenvalue weighted by atomic mass is 32.1. The van der Waals surface area contributed by atoms with E-state index in [1.165, 1.54) is 32.1 Å². The summed E-state index contributed by atoms with van der Waals surface area (Å²) in [6, 6.07) is 0. The predicted octanol–water partition coefficient (Wildman–Crippen LogP) is 2.02. The van der Waals surface area contributed by atoms with Gasteiger partial charge in [-0.1, -0.05) is 32.1 Å². The van der Waals surface area contributed by atoms with Crippen molar-refractivity contribution in [2.45, 2.75) is 63.9 Å². The molecule has 0 radical (unpaired) electrons. The summed E-state index contributed by atoms with van der Waals surface area (Å²) < 4.78 is 5.50. The Morgan fingerprint density at radius 2 is 1.90 bits per heavy atom. The van der Waals surface area contributed by atoms with Crippen LogP contribution in [0.1, 0.15) is 57.8 Å². The van der Waals surface area contributed by atoms with Crippen LogP contribution >= 0.6 is 12.2 Å². The van der Waals surface area contributed by atoms with Crippen molar-refractivity contribution in [3.63, 3.8) is 0 Å². The zero-order chi connectivity index (χ0) is 14.9. The van der Waals surface area contributed by atoms with E-state index < -0.39 is 0 Å². The monoisotopic (exact) mass is 313 g/mol. The number of nitrogens with one attached hydrogen (secondary N) is 3. The maximum absolute atomic E-state index is 11.8. The van der Waals surface area contributed by atoms with Crippen molar-refractivity contribution in [1.82, 2.24) is 16.2 Å². The number of hydrazine groups is 1. The molecule has 5 nitrogen and oxygen atoms in total. The second-order valence-corrected chi connectivity index (χ2v) is 6.47. The summed E-state index contributed by atoms with van der Waals surface area (Å²) in [6.07, 6.45) is 10.6. The van der Waals surface area contributed by atoms with E-state index in [1.54, 1.807) is 0 Å². The SMILES string of the molecule is O=C(CCC1CCCCC1)NNC(=S)NC[C@H]1CCCO1. The van der Waals surface area contributed by atoms with Crippen LogP contribution in [0.3, 0.4) is 0 Å². The van der Waals surface area contributed by atoms with Crippen molar-refractivity contribution >= 4 is 23.2 Å². The number of carbonyl (C=O) groups is 1. The van der Waals surface area contributed by atoms with E-state index >= 15 is 0 Å². The van der Waals surface area contributed by atoms with Gasteiger partial charge in [-0.15, -0.1) is 0 Å². The molecule has 1 atom stereocenters. The molecule has 120 valence electrons. The van der Waals surface area contributed by atoms with Crippen LogP contribution in [-0.2, 0) is 9.53 Å². The number of ether oxygens (including phenoxy) is 1. The normalized spacial score (nSPS) is 22.8. The standard InChI is InChI=1S/C15H27N3O2S/c19-14(9-8-12-5-2-1-3-6-12)17-18-15(21)16-11-13-7-4-10-20-13/h12-13H,1-11H2,(H,17,19)(H2,16,18,21)/t13-/m1/s1. The minimum Gasteiger partial charge on any atom is -0.376 e. The quantitative estimate of drug-likeness (QED) is 0.535. The van der Waals surface area contributed by atoms with Crippen LogP contribution in [0.2, 0.25) is 0 Å². The maximum Gasteiger partial charge on any atom is 0.238 e. The van der Waals surface area contributed by atoms with Gasteiger partial charge < -0.3 is 10.1 Å². The molecule has 2 aliphatic rings. The summed E-state index contributed by atoms with van der Waals surface area (Å²) in [5.41, 5.74) is 5.42. The summed E-state index contributed by atoms with van der Waals surface area (Å²) in [4.78, 5) is 11.8. The van der Waals surface area contributed by atoms with E-state index in [1.807, 2.05) is 0 Å². The molecule has 1 aliphatic heterocycles. The average molecular weight is 313 g/mol. The Kier molecular flexibility index (Phi) is 7.23. The highest BCUT2D eigenvalue weighted by Crippen LogP contribution is 2.27. The van der Waals surface area contributed by atoms with Crippen molar-refractivity contribution in [2.75, 3.05) is 13.2 Å². The fraction of sp³-hybridized carbons (Fsp3) is 0.867. The highest BCUT2D eigenvalue weighted by molar-refractivity contribution is 7.80. The second kappa shape index (κ2) is 9.20. The van der Waals surface area contributed by atoms with Crippen LogP contribution in [0.5, 0.6) is 0 Å². The van der Waals surface area contributed by atoms with E-state index in [-0.39, 0.29) is 12.0 Å². The lowest BCUT2D eigenvalue weighted by molar-refractivity contribution is -0.122. The average Bonchev–Trinajstić information content (AvgIpc) is 3.03. The lowest BCUT2D eigenvalue weighted by Crippen LogP contribution is -2.48. The maximum atomic E-state index is 11.8. The lowest BCUT2D eigenvalue weighted by Gasteiger charge is -2.21. The van der Waals surface area contributed by atoms with E-state index in [2.05, 4.69) is 16.2 Å². The zero-order valence-electron chi connectivity index (χ0n) is 12.7. The molecular formula is C15H27N3O2S. The number of rotatable bonds is 5. The summed E-state index contributed by atoms with van der Waals surface area (Å²) in [5.74, 6) is 0.746. The topological polar surface area (TPSA) is 62.4 Å². The fourth-order valence-corrected chi connectivity index (χ4v) is 3.19. The summed E-state index contributed by atoms with van der Waals surface area (Å²) in [6.45, 7) is 1.54. The Morgan fingerprint density at radius 1 is 1.10 bits per heavy atom. The number of hydrogen-bond acceptors (Lipinski definition) is 3. The molecule has 21 heavy (non-hydrogen) atoms. The van der Waals surface area contributed by atoms with Gasteiger partial charge in [-0.05, 0) is 37.4 Å². The molecule has 0 aromatic heterocycles. The minimum absolute atomic E-state index is 0.0156. The van der Waals surface area contributed by atoms with Gasteiger partial charge in [0.25, 0.3) is 0 Å². The van der Waals surface area contributed by atoms with Crippen LogP contribution in [0.4, 0.5) is 0 Å². The molecule has 1 amide bonds. The molecule has 0 bridgehead atoms. The Labute approximate surface area is 132 Å². The van der Waals surface area contributed by atoms with E-state index in [9.17, 15) is 4.79 Å². The smallest absolute Gasteiger partial charge is 0.238 e. The molecule has 1 heterocycles. The van der Waals surface area contributed by atoms with Gasteiger partial charge >= 0.3 is 0 Å². The van der Waals surface area contributed by atoms with Gasteiger partial charge in [-0.3, -0.25) is 15.6 Å². The molecule has 3 N–H and O–H groups in total. The van der Waals surface area contributed by atoms with Gasteiger partial charge in [-0.25, -0.2) is 0 Å². The van der Waals surface area contributed by atoms with Gasteiger partial charge in [0.05, 0.1) is 6.10 Å². The van der Waals surface area contributed by atoms with Crippen LogP contribution in [-0.4, -0.2) is 30.3 Å². The van der Waals surface area contributed by atoms with Crippen LogP contribution in [0.25, 0.3) is 0 Å². The lowest BCUT2D eigenvalue weighted by atomic mass is 9.86. The molecule has 1 aliphatic carbocycles. The van der Waals surface area contributed by atoms with Crippen molar-refractivity contribution in [1.29, 1.82) is 0 Å². The molecular weight excluding hydrogens is 286 g/mol. The minimum atomic E-state index is 0.0156. The third-order valence-electron chi connectivity index (χ3n) is 4.33. The Balaban J connectivity index is 1.50. The second-order valence-electron chi connectivity index (χ2n) is 6.06. The Hall–Kier alpha value is -0.880. The highest BCUT2D eigenvalue weighted by Gasteiger charge is 2.16. The van der Waals surface area contributed by atoms with Gasteiger partial charge in [0.2, 0.25) is 5.91 Å². The first-order chi connectivity index (χ1) is 10.2. The van der Waals surface area contributed by atoms with Crippen molar-refractivity contribution in [3.05, 3.63) is 0 Å². The first-order valence-electron chi connectivity index (χ1n) is 8.18. The molecule has 0 spiro atoms. The van der Waals surface area contributed by atoms with E-state index in [0.29, 0.717) is 18.1 Å². The third-order valence-corrected chi connectivity index (χ3v) is 4.58. The molecule has 0 unspecified atom stereocenters. The van der Waals surface area contributed by atoms with Gasteiger partial charge in [0.15, 0.2) is 5.11 Å². The molecule has 6 heteroatoms. The molecule has 2 fully saturated rings. The molecule has 0 aromatic rings. The molecule has 0 aromatic carbocycles. The van der Waals surface area contributed by atoms with Gasteiger partial charge in [-0.2, -0.15) is 0 Å². The van der Waals surface area contributed by atoms with Crippen molar-refractivity contribution < 1.29 is 9.53 Å². The Bertz CT molecular complexity index is 340. The number of amides is 1. The number of hydrogen-bond donors (Lipinski definition) is 3. The fourth-order valence-electron chi connectivity index (χ4n) is 3.06. The van der Waals surface area contributed by atoms with Crippen molar-refractivity contribution in [2.24, 2.45) is 5.92 Å². The van der Waals surface area contributed by atoms with Gasteiger partial charge in [0.1, 0.15) is 0 Å². The first-order valence-corrected chi connectivity index (χ1v) is 8.59. The largest absolute Gasteiger partial charge is 0.376 e. The molecule has 2 rings (SSSR count). The number of thiocarbonyl (C=S) groups is 1. The first kappa shape index (κ1) is 16.5. The zero-order valence-corrected chi connectivity index (χ0v) is 13.5. The van der Waals surface area contributed by atoms with E-state index in [0.717, 1.165) is 31.8 Å².